The van der Waals surface area contributed by atoms with Gasteiger partial charge in [-0.1, -0.05) is 6.08 Å². The van der Waals surface area contributed by atoms with Crippen molar-refractivity contribution in [2.24, 2.45) is 0 Å². The van der Waals surface area contributed by atoms with Gasteiger partial charge in [0.15, 0.2) is 0 Å². The molecule has 0 aromatic rings. The van der Waals surface area contributed by atoms with Crippen LogP contribution in [0.25, 0.3) is 0 Å². The normalized spacial score (nSPS) is 34.7. The second-order valence-corrected chi connectivity index (χ2v) is 6.43. The first-order valence-electron chi connectivity index (χ1n) is 5.15. The Kier molecular flexibility index (Phi) is 3.94. The number of hydrogen-bond acceptors (Lipinski definition) is 2. The molecule has 0 unspecified atom stereocenters. The van der Waals surface area contributed by atoms with E-state index in [1.54, 1.807) is 6.08 Å². The largest absolute Gasteiger partial charge is 0.314 e. The Morgan fingerprint density at radius 2 is 2.36 bits per heavy atom. The monoisotopic (exact) mass is 217 g/mol. The molecular formula is C10H20NO2P. The number of nitrogens with zero attached hydrogens (tertiary/aromatic N) is 1. The van der Waals surface area contributed by atoms with Gasteiger partial charge in [-0.25, -0.2) is 4.67 Å². The molecule has 1 aliphatic rings. The highest BCUT2D eigenvalue weighted by molar-refractivity contribution is 7.56. The highest BCUT2D eigenvalue weighted by Gasteiger charge is 2.37. The molecule has 0 aromatic carbocycles. The van der Waals surface area contributed by atoms with Crippen LogP contribution in [0.5, 0.6) is 0 Å². The zero-order valence-electron chi connectivity index (χ0n) is 9.27. The molecule has 1 heterocycles. The third-order valence-electron chi connectivity index (χ3n) is 2.46. The molecule has 82 valence electrons. The first kappa shape index (κ1) is 12.0. The molecule has 2 atom stereocenters. The Labute approximate surface area is 86.6 Å². The fraction of sp³-hybridized carbons (Fsp3) is 0.800. The van der Waals surface area contributed by atoms with Crippen molar-refractivity contribution in [3.8, 4) is 0 Å². The highest BCUT2D eigenvalue weighted by atomic mass is 31.2. The smallest absolute Gasteiger partial charge is 0.276 e. The number of rotatable bonds is 3. The quantitative estimate of drug-likeness (QED) is 0.537. The fourth-order valence-electron chi connectivity index (χ4n) is 1.78. The average Bonchev–Trinajstić information content (AvgIpc) is 2.02. The molecule has 0 N–H and O–H groups in total. The standard InChI is InChI=1S/C10H20NO2P/c1-5-8-14(12)11(9(2)3)7-6-10(4)13-14/h5,9-10H,1,6-8H2,2-4H3/t10-,14+/m0/s1. The van der Waals surface area contributed by atoms with Gasteiger partial charge in [-0.3, -0.25) is 4.57 Å². The minimum absolute atomic E-state index is 0.107. The first-order chi connectivity index (χ1) is 6.49. The van der Waals surface area contributed by atoms with E-state index in [-0.39, 0.29) is 12.1 Å². The summed E-state index contributed by atoms with van der Waals surface area (Å²) in [5, 5.41) is 0. The Morgan fingerprint density at radius 3 is 2.86 bits per heavy atom. The van der Waals surface area contributed by atoms with Gasteiger partial charge in [-0.15, -0.1) is 6.58 Å². The van der Waals surface area contributed by atoms with Crippen molar-refractivity contribution in [1.29, 1.82) is 0 Å². The van der Waals surface area contributed by atoms with Gasteiger partial charge in [0.05, 0.1) is 12.3 Å². The van der Waals surface area contributed by atoms with Crippen molar-refractivity contribution in [2.45, 2.75) is 39.3 Å². The summed E-state index contributed by atoms with van der Waals surface area (Å²) >= 11 is 0. The van der Waals surface area contributed by atoms with Crippen LogP contribution in [-0.4, -0.2) is 29.5 Å². The van der Waals surface area contributed by atoms with Gasteiger partial charge in [0.2, 0.25) is 0 Å². The van der Waals surface area contributed by atoms with Crippen LogP contribution in [0.4, 0.5) is 0 Å². The van der Waals surface area contributed by atoms with E-state index in [1.165, 1.54) is 0 Å². The SMILES string of the molecule is C=CC[P@@]1(=O)O[C@@H](C)CCN1C(C)C. The van der Waals surface area contributed by atoms with Gasteiger partial charge in [0.25, 0.3) is 7.52 Å². The summed E-state index contributed by atoms with van der Waals surface area (Å²) in [5.74, 6) is 0. The van der Waals surface area contributed by atoms with Crippen molar-refractivity contribution in [3.63, 3.8) is 0 Å². The highest BCUT2D eigenvalue weighted by Crippen LogP contribution is 2.55. The summed E-state index contributed by atoms with van der Waals surface area (Å²) in [4.78, 5) is 0. The van der Waals surface area contributed by atoms with E-state index in [9.17, 15) is 4.57 Å². The molecule has 1 fully saturated rings. The summed E-state index contributed by atoms with van der Waals surface area (Å²) < 4.78 is 20.0. The maximum Gasteiger partial charge on any atom is 0.276 e. The van der Waals surface area contributed by atoms with Crippen LogP contribution in [0.3, 0.4) is 0 Å². The van der Waals surface area contributed by atoms with Crippen LogP contribution in [-0.2, 0) is 9.09 Å². The lowest BCUT2D eigenvalue weighted by molar-refractivity contribution is 0.129. The van der Waals surface area contributed by atoms with Crippen LogP contribution in [0.15, 0.2) is 12.7 Å². The Bertz CT molecular complexity index is 253. The van der Waals surface area contributed by atoms with Gasteiger partial charge in [-0.05, 0) is 27.2 Å². The molecular weight excluding hydrogens is 197 g/mol. The molecule has 0 amide bonds. The average molecular weight is 217 g/mol. The minimum Gasteiger partial charge on any atom is -0.314 e. The van der Waals surface area contributed by atoms with Crippen LogP contribution in [0.1, 0.15) is 27.2 Å². The lowest BCUT2D eigenvalue weighted by Gasteiger charge is -2.39. The van der Waals surface area contributed by atoms with Gasteiger partial charge in [0, 0.05) is 12.6 Å². The van der Waals surface area contributed by atoms with E-state index < -0.39 is 7.52 Å². The zero-order chi connectivity index (χ0) is 10.8. The Morgan fingerprint density at radius 1 is 1.71 bits per heavy atom. The summed E-state index contributed by atoms with van der Waals surface area (Å²) in [5.41, 5.74) is 0. The third kappa shape index (κ3) is 2.47. The molecule has 1 saturated heterocycles. The molecule has 4 heteroatoms. The van der Waals surface area contributed by atoms with E-state index in [0.717, 1.165) is 13.0 Å². The zero-order valence-corrected chi connectivity index (χ0v) is 10.2. The predicted octanol–water partition coefficient (Wildman–Crippen LogP) is 2.88. The third-order valence-corrected chi connectivity index (χ3v) is 5.31. The van der Waals surface area contributed by atoms with Crippen molar-refractivity contribution >= 4 is 7.52 Å². The van der Waals surface area contributed by atoms with Crippen LogP contribution in [0.2, 0.25) is 0 Å². The van der Waals surface area contributed by atoms with E-state index in [2.05, 4.69) is 20.4 Å². The number of hydrogen-bond donors (Lipinski definition) is 0. The molecule has 14 heavy (non-hydrogen) atoms. The van der Waals surface area contributed by atoms with E-state index in [1.807, 2.05) is 11.6 Å². The predicted molar refractivity (Wildman–Crippen MR) is 59.7 cm³/mol. The summed E-state index contributed by atoms with van der Waals surface area (Å²) in [6.45, 7) is 10.6. The second-order valence-electron chi connectivity index (χ2n) is 4.07. The van der Waals surface area contributed by atoms with Gasteiger partial charge < -0.3 is 4.52 Å². The van der Waals surface area contributed by atoms with Crippen molar-refractivity contribution in [1.82, 2.24) is 4.67 Å². The minimum atomic E-state index is -2.62. The molecule has 0 aromatic heterocycles. The van der Waals surface area contributed by atoms with Gasteiger partial charge >= 0.3 is 0 Å². The van der Waals surface area contributed by atoms with E-state index in [0.29, 0.717) is 6.16 Å². The van der Waals surface area contributed by atoms with Gasteiger partial charge in [0.1, 0.15) is 0 Å². The molecule has 0 radical (unpaired) electrons. The number of allylic oxidation sites excluding steroid dienone is 1. The maximum absolute atomic E-state index is 12.4. The molecule has 0 bridgehead atoms. The van der Waals surface area contributed by atoms with Crippen LogP contribution < -0.4 is 0 Å². The summed E-state index contributed by atoms with van der Waals surface area (Å²) in [6.07, 6.45) is 3.21. The van der Waals surface area contributed by atoms with Crippen molar-refractivity contribution in [2.75, 3.05) is 12.7 Å². The second kappa shape index (κ2) is 4.61. The summed E-state index contributed by atoms with van der Waals surface area (Å²) in [7, 11) is -2.62. The fourth-order valence-corrected chi connectivity index (χ4v) is 4.32. The van der Waals surface area contributed by atoms with Gasteiger partial charge in [-0.2, -0.15) is 0 Å². The van der Waals surface area contributed by atoms with E-state index in [4.69, 9.17) is 4.52 Å². The Balaban J connectivity index is 2.83. The Hall–Kier alpha value is -0.110. The first-order valence-corrected chi connectivity index (χ1v) is 6.91. The van der Waals surface area contributed by atoms with E-state index >= 15 is 0 Å². The van der Waals surface area contributed by atoms with Crippen LogP contribution in [0, 0.1) is 0 Å². The molecule has 0 saturated carbocycles. The lowest BCUT2D eigenvalue weighted by atomic mass is 10.2. The lowest BCUT2D eigenvalue weighted by Crippen LogP contribution is -2.37. The van der Waals surface area contributed by atoms with Crippen LogP contribution >= 0.6 is 7.52 Å². The summed E-state index contributed by atoms with van der Waals surface area (Å²) in [6, 6.07) is 0.272. The molecule has 0 spiro atoms. The molecule has 1 aliphatic heterocycles. The maximum atomic E-state index is 12.4. The molecule has 3 nitrogen and oxygen atoms in total. The van der Waals surface area contributed by atoms with Crippen molar-refractivity contribution < 1.29 is 9.09 Å². The molecule has 1 rings (SSSR count). The topological polar surface area (TPSA) is 29.5 Å². The molecule has 0 aliphatic carbocycles. The van der Waals surface area contributed by atoms with Crippen molar-refractivity contribution in [3.05, 3.63) is 12.7 Å².